The third-order valence-corrected chi connectivity index (χ3v) is 5.45. The molecule has 0 fully saturated rings. The molecule has 1 heterocycles. The van der Waals surface area contributed by atoms with Gasteiger partial charge in [0.1, 0.15) is 5.75 Å². The van der Waals surface area contributed by atoms with E-state index >= 15 is 0 Å². The molecule has 2 aromatic carbocycles. The van der Waals surface area contributed by atoms with Crippen molar-refractivity contribution in [2.45, 2.75) is 17.3 Å². The van der Waals surface area contributed by atoms with E-state index in [4.69, 9.17) is 27.9 Å². The molecule has 4 nitrogen and oxygen atoms in total. The minimum atomic E-state index is 0.626. The van der Waals surface area contributed by atoms with Gasteiger partial charge in [-0.1, -0.05) is 59.2 Å². The zero-order chi connectivity index (χ0) is 19.8. The summed E-state index contributed by atoms with van der Waals surface area (Å²) in [5, 5.41) is 1.95. The number of nitrogens with zero attached hydrogens (tertiary/aromatic N) is 3. The predicted octanol–water partition coefficient (Wildman–Crippen LogP) is 5.75. The van der Waals surface area contributed by atoms with Gasteiger partial charge in [-0.05, 0) is 41.8 Å². The molecule has 0 aliphatic heterocycles. The molecule has 3 aromatic rings. The first-order chi connectivity index (χ1) is 13.7. The van der Waals surface area contributed by atoms with E-state index in [0.29, 0.717) is 27.5 Å². The lowest BCUT2D eigenvalue weighted by atomic mass is 10.1. The van der Waals surface area contributed by atoms with Gasteiger partial charge >= 0.3 is 0 Å². The fourth-order valence-electron chi connectivity index (χ4n) is 2.53. The number of ether oxygens (including phenoxy) is 1. The number of hydrogen-bond acceptors (Lipinski definition) is 5. The van der Waals surface area contributed by atoms with E-state index in [1.807, 2.05) is 36.4 Å². The van der Waals surface area contributed by atoms with E-state index in [1.54, 1.807) is 25.6 Å². The highest BCUT2D eigenvalue weighted by Gasteiger charge is 2.05. The zero-order valence-corrected chi connectivity index (χ0v) is 17.6. The maximum Gasteiger partial charge on any atom is 0.188 e. The van der Waals surface area contributed by atoms with Crippen molar-refractivity contribution < 1.29 is 4.74 Å². The van der Waals surface area contributed by atoms with Crippen LogP contribution in [-0.4, -0.2) is 29.8 Å². The fourth-order valence-corrected chi connectivity index (χ4v) is 3.93. The Morgan fingerprint density at radius 2 is 1.96 bits per heavy atom. The minimum absolute atomic E-state index is 0.626. The second-order valence-electron chi connectivity index (χ2n) is 5.89. The highest BCUT2D eigenvalue weighted by molar-refractivity contribution is 7.98. The lowest BCUT2D eigenvalue weighted by Gasteiger charge is -2.06. The Labute approximate surface area is 179 Å². The number of para-hydroxylation sites is 1. The molecule has 0 atom stereocenters. The van der Waals surface area contributed by atoms with Gasteiger partial charge in [0.15, 0.2) is 5.16 Å². The molecule has 0 unspecified atom stereocenters. The summed E-state index contributed by atoms with van der Waals surface area (Å²) in [6.45, 7) is 0.660. The maximum atomic E-state index is 6.21. The van der Waals surface area contributed by atoms with Gasteiger partial charge < -0.3 is 4.74 Å². The second kappa shape index (κ2) is 10.5. The molecule has 0 N–H and O–H groups in total. The summed E-state index contributed by atoms with van der Waals surface area (Å²) >= 11 is 13.7. The number of aliphatic imine (C=N–C) groups is 1. The van der Waals surface area contributed by atoms with Crippen LogP contribution < -0.4 is 4.74 Å². The SMILES string of the molecule is COc1ccccc1CCN=Cc1ccnc(SCc2ccc(Cl)cc2Cl)n1. The van der Waals surface area contributed by atoms with E-state index in [0.717, 1.165) is 29.0 Å². The Bertz CT molecular complexity index is 966. The first kappa shape index (κ1) is 20.6. The molecule has 0 radical (unpaired) electrons. The molecule has 0 saturated heterocycles. The van der Waals surface area contributed by atoms with Crippen LogP contribution in [-0.2, 0) is 12.2 Å². The Hall–Kier alpha value is -2.08. The van der Waals surface area contributed by atoms with Crippen LogP contribution in [0.3, 0.4) is 0 Å². The Balaban J connectivity index is 1.56. The van der Waals surface area contributed by atoms with Crippen LogP contribution in [0.25, 0.3) is 0 Å². The standard InChI is InChI=1S/C21H19Cl2N3OS/c1-27-20-5-3-2-4-15(20)8-10-24-13-18-9-11-25-21(26-18)28-14-16-6-7-17(22)12-19(16)23/h2-7,9,11-13H,8,10,14H2,1H3. The fraction of sp³-hybridized carbons (Fsp3) is 0.190. The molecule has 0 bridgehead atoms. The molecule has 7 heteroatoms. The number of thioether (sulfide) groups is 1. The summed E-state index contributed by atoms with van der Waals surface area (Å²) in [6.07, 6.45) is 4.32. The Morgan fingerprint density at radius 3 is 2.79 bits per heavy atom. The van der Waals surface area contributed by atoms with Crippen molar-refractivity contribution in [2.75, 3.05) is 13.7 Å². The van der Waals surface area contributed by atoms with Crippen LogP contribution in [0.5, 0.6) is 5.75 Å². The van der Waals surface area contributed by atoms with Crippen molar-refractivity contribution in [3.8, 4) is 5.75 Å². The quantitative estimate of drug-likeness (QED) is 0.259. The van der Waals surface area contributed by atoms with Crippen molar-refractivity contribution in [2.24, 2.45) is 4.99 Å². The van der Waals surface area contributed by atoms with Crippen molar-refractivity contribution >= 4 is 41.2 Å². The Morgan fingerprint density at radius 1 is 1.11 bits per heavy atom. The number of aromatic nitrogens is 2. The highest BCUT2D eigenvalue weighted by atomic mass is 35.5. The van der Waals surface area contributed by atoms with Crippen LogP contribution in [0, 0.1) is 0 Å². The number of hydrogen-bond donors (Lipinski definition) is 0. The summed E-state index contributed by atoms with van der Waals surface area (Å²) in [7, 11) is 1.68. The maximum absolute atomic E-state index is 6.21. The third-order valence-electron chi connectivity index (χ3n) is 3.95. The molecule has 0 aliphatic carbocycles. The van der Waals surface area contributed by atoms with Crippen LogP contribution in [0.1, 0.15) is 16.8 Å². The molecule has 0 amide bonds. The zero-order valence-electron chi connectivity index (χ0n) is 15.3. The first-order valence-corrected chi connectivity index (χ1v) is 10.4. The average Bonchev–Trinajstić information content (AvgIpc) is 2.71. The van der Waals surface area contributed by atoms with E-state index in [2.05, 4.69) is 21.0 Å². The lowest BCUT2D eigenvalue weighted by molar-refractivity contribution is 0.410. The number of halogens is 2. The summed E-state index contributed by atoms with van der Waals surface area (Å²) in [5.74, 6) is 1.56. The molecule has 0 spiro atoms. The van der Waals surface area contributed by atoms with Crippen LogP contribution in [0.15, 0.2) is 64.9 Å². The molecular weight excluding hydrogens is 413 g/mol. The topological polar surface area (TPSA) is 47.4 Å². The number of methoxy groups -OCH3 is 1. The molecule has 3 rings (SSSR count). The molecule has 0 saturated carbocycles. The normalized spacial score (nSPS) is 11.1. The van der Waals surface area contributed by atoms with Gasteiger partial charge in [-0.3, -0.25) is 4.99 Å². The van der Waals surface area contributed by atoms with Crippen molar-refractivity contribution in [1.82, 2.24) is 9.97 Å². The molecule has 0 aliphatic rings. The van der Waals surface area contributed by atoms with Gasteiger partial charge in [-0.2, -0.15) is 0 Å². The summed E-state index contributed by atoms with van der Waals surface area (Å²) in [5.41, 5.74) is 2.91. The monoisotopic (exact) mass is 431 g/mol. The van der Waals surface area contributed by atoms with Gasteiger partial charge in [0.05, 0.1) is 12.8 Å². The van der Waals surface area contributed by atoms with Gasteiger partial charge in [0.2, 0.25) is 0 Å². The van der Waals surface area contributed by atoms with Crippen molar-refractivity contribution in [1.29, 1.82) is 0 Å². The van der Waals surface area contributed by atoms with E-state index in [9.17, 15) is 0 Å². The van der Waals surface area contributed by atoms with E-state index < -0.39 is 0 Å². The first-order valence-electron chi connectivity index (χ1n) is 8.67. The highest BCUT2D eigenvalue weighted by Crippen LogP contribution is 2.27. The lowest BCUT2D eigenvalue weighted by Crippen LogP contribution is -1.97. The minimum Gasteiger partial charge on any atom is -0.496 e. The molecule has 144 valence electrons. The molecule has 28 heavy (non-hydrogen) atoms. The summed E-state index contributed by atoms with van der Waals surface area (Å²) < 4.78 is 5.36. The smallest absolute Gasteiger partial charge is 0.188 e. The van der Waals surface area contributed by atoms with Crippen LogP contribution in [0.4, 0.5) is 0 Å². The largest absolute Gasteiger partial charge is 0.496 e. The summed E-state index contributed by atoms with van der Waals surface area (Å²) in [6, 6.07) is 15.3. The third kappa shape index (κ3) is 5.96. The van der Waals surface area contributed by atoms with Crippen molar-refractivity contribution in [3.05, 3.63) is 81.6 Å². The van der Waals surface area contributed by atoms with Crippen LogP contribution in [0.2, 0.25) is 10.0 Å². The van der Waals surface area contributed by atoms with E-state index in [-0.39, 0.29) is 0 Å². The predicted molar refractivity (Wildman–Crippen MR) is 117 cm³/mol. The summed E-state index contributed by atoms with van der Waals surface area (Å²) in [4.78, 5) is 13.3. The van der Waals surface area contributed by atoms with Crippen molar-refractivity contribution in [3.63, 3.8) is 0 Å². The van der Waals surface area contributed by atoms with Gasteiger partial charge in [0, 0.05) is 34.8 Å². The number of rotatable bonds is 8. The Kier molecular flexibility index (Phi) is 7.71. The second-order valence-corrected chi connectivity index (χ2v) is 7.67. The molecular formula is C21H19Cl2N3OS. The van der Waals surface area contributed by atoms with E-state index in [1.165, 1.54) is 11.8 Å². The number of benzene rings is 2. The van der Waals surface area contributed by atoms with Gasteiger partial charge in [0.25, 0.3) is 0 Å². The average molecular weight is 432 g/mol. The molecule has 1 aromatic heterocycles. The van der Waals surface area contributed by atoms with Crippen LogP contribution >= 0.6 is 35.0 Å². The van der Waals surface area contributed by atoms with Gasteiger partial charge in [-0.25, -0.2) is 9.97 Å². The van der Waals surface area contributed by atoms with Gasteiger partial charge in [-0.15, -0.1) is 0 Å².